The molecule has 1 aromatic rings. The maximum atomic E-state index is 5.82. The molecule has 3 N–H and O–H groups in total. The van der Waals surface area contributed by atoms with Crippen LogP contribution >= 0.6 is 11.3 Å². The fourth-order valence-electron chi connectivity index (χ4n) is 5.07. The van der Waals surface area contributed by atoms with Gasteiger partial charge in [0.15, 0.2) is 0 Å². The second-order valence-electron chi connectivity index (χ2n) is 6.51. The van der Waals surface area contributed by atoms with E-state index >= 15 is 0 Å². The highest BCUT2D eigenvalue weighted by molar-refractivity contribution is 7.07. The van der Waals surface area contributed by atoms with Crippen molar-refractivity contribution in [1.29, 1.82) is 0 Å². The molecule has 3 heteroatoms. The molecule has 5 atom stereocenters. The van der Waals surface area contributed by atoms with Crippen LogP contribution in [0.3, 0.4) is 0 Å². The Bertz CT molecular complexity index is 400. The van der Waals surface area contributed by atoms with Gasteiger partial charge in [0.1, 0.15) is 0 Å². The van der Waals surface area contributed by atoms with E-state index in [0.717, 1.165) is 29.6 Å². The van der Waals surface area contributed by atoms with Gasteiger partial charge in [-0.15, -0.1) is 0 Å². The van der Waals surface area contributed by atoms with Crippen molar-refractivity contribution >= 4 is 11.3 Å². The Morgan fingerprint density at radius 3 is 2.72 bits per heavy atom. The minimum absolute atomic E-state index is 0.559. The number of rotatable bonds is 5. The predicted octanol–water partition coefficient (Wildman–Crippen LogP) is 2.80. The van der Waals surface area contributed by atoms with Gasteiger partial charge in [-0.05, 0) is 84.1 Å². The summed E-state index contributed by atoms with van der Waals surface area (Å²) in [6, 6.07) is 2.80. The summed E-state index contributed by atoms with van der Waals surface area (Å²) in [5.41, 5.74) is 4.61. The van der Waals surface area contributed by atoms with Crippen LogP contribution in [0.5, 0.6) is 0 Å². The van der Waals surface area contributed by atoms with E-state index in [9.17, 15) is 0 Å². The van der Waals surface area contributed by atoms with E-state index in [2.05, 4.69) is 22.3 Å². The summed E-state index contributed by atoms with van der Waals surface area (Å²) in [6.45, 7) is 0. The van der Waals surface area contributed by atoms with Crippen LogP contribution in [-0.2, 0) is 6.42 Å². The third-order valence-electron chi connectivity index (χ3n) is 5.80. The molecular weight excluding hydrogens is 240 g/mol. The largest absolute Gasteiger partial charge is 0.271 e. The molecule has 1 heterocycles. The third-order valence-corrected chi connectivity index (χ3v) is 6.53. The van der Waals surface area contributed by atoms with Crippen LogP contribution in [0.2, 0.25) is 0 Å². The molecule has 0 aliphatic heterocycles. The standard InChI is InChI=1S/C15H22N2S/c16-17-12(4-1-9-5-6-18-8-9)15-13-10-2-3-11(7-10)14(13)15/h5-6,8,10-15,17H,1-4,7,16H2. The number of thiophene rings is 1. The molecule has 5 unspecified atom stereocenters. The van der Waals surface area contributed by atoms with Crippen molar-refractivity contribution in [3.8, 4) is 0 Å². The molecule has 3 fully saturated rings. The van der Waals surface area contributed by atoms with Crippen molar-refractivity contribution in [2.24, 2.45) is 35.4 Å². The molecule has 3 aliphatic carbocycles. The van der Waals surface area contributed by atoms with Crippen LogP contribution in [0.4, 0.5) is 0 Å². The van der Waals surface area contributed by atoms with E-state index in [1.807, 2.05) is 0 Å². The van der Waals surface area contributed by atoms with Crippen molar-refractivity contribution in [1.82, 2.24) is 5.43 Å². The molecule has 0 spiro atoms. The smallest absolute Gasteiger partial charge is 0.0247 e. The second-order valence-corrected chi connectivity index (χ2v) is 7.29. The SMILES string of the molecule is NNC(CCc1ccsc1)C1C2C3CCC(C3)C21. The van der Waals surface area contributed by atoms with Gasteiger partial charge in [0, 0.05) is 6.04 Å². The Hall–Kier alpha value is -0.380. The second kappa shape index (κ2) is 4.32. The molecule has 1 aromatic heterocycles. The monoisotopic (exact) mass is 262 g/mol. The van der Waals surface area contributed by atoms with E-state index in [1.165, 1.54) is 37.7 Å². The first-order valence-electron chi connectivity index (χ1n) is 7.35. The number of hydrogen-bond acceptors (Lipinski definition) is 3. The fourth-order valence-corrected chi connectivity index (χ4v) is 5.78. The highest BCUT2D eigenvalue weighted by Crippen LogP contribution is 2.70. The molecule has 0 saturated heterocycles. The summed E-state index contributed by atoms with van der Waals surface area (Å²) in [5.74, 6) is 10.9. The van der Waals surface area contributed by atoms with Gasteiger partial charge in [-0.3, -0.25) is 11.3 Å². The molecule has 0 aromatic carbocycles. The lowest BCUT2D eigenvalue weighted by atomic mass is 9.94. The molecule has 4 rings (SSSR count). The quantitative estimate of drug-likeness (QED) is 0.632. The molecule has 3 aliphatic rings. The van der Waals surface area contributed by atoms with Crippen LogP contribution in [0.25, 0.3) is 0 Å². The number of hydrogen-bond donors (Lipinski definition) is 2. The van der Waals surface area contributed by atoms with Gasteiger partial charge in [-0.25, -0.2) is 0 Å². The molecule has 3 saturated carbocycles. The zero-order valence-corrected chi connectivity index (χ0v) is 11.5. The normalized spacial score (nSPS) is 41.9. The zero-order chi connectivity index (χ0) is 12.1. The molecule has 2 nitrogen and oxygen atoms in total. The first-order valence-corrected chi connectivity index (χ1v) is 8.30. The molecule has 0 amide bonds. The van der Waals surface area contributed by atoms with Crippen molar-refractivity contribution in [3.63, 3.8) is 0 Å². The lowest BCUT2D eigenvalue weighted by molar-refractivity contribution is 0.352. The first-order chi connectivity index (χ1) is 8.88. The zero-order valence-electron chi connectivity index (χ0n) is 10.7. The van der Waals surface area contributed by atoms with Gasteiger partial charge in [-0.2, -0.15) is 11.3 Å². The summed E-state index contributed by atoms with van der Waals surface area (Å²) in [4.78, 5) is 0. The van der Waals surface area contributed by atoms with Gasteiger partial charge in [0.05, 0.1) is 0 Å². The van der Waals surface area contributed by atoms with E-state index in [0.29, 0.717) is 6.04 Å². The Kier molecular flexibility index (Phi) is 2.75. The van der Waals surface area contributed by atoms with Gasteiger partial charge in [0.25, 0.3) is 0 Å². The summed E-state index contributed by atoms with van der Waals surface area (Å²) in [6.07, 6.45) is 6.94. The fraction of sp³-hybridized carbons (Fsp3) is 0.733. The number of hydrazine groups is 1. The highest BCUT2D eigenvalue weighted by atomic mass is 32.1. The van der Waals surface area contributed by atoms with Gasteiger partial charge in [0.2, 0.25) is 0 Å². The van der Waals surface area contributed by atoms with Crippen LogP contribution in [0, 0.1) is 29.6 Å². The van der Waals surface area contributed by atoms with E-state index in [1.54, 1.807) is 11.3 Å². The minimum Gasteiger partial charge on any atom is -0.271 e. The highest BCUT2D eigenvalue weighted by Gasteiger charge is 2.66. The summed E-state index contributed by atoms with van der Waals surface area (Å²) in [5, 5.41) is 4.44. The Labute approximate surface area is 113 Å². The van der Waals surface area contributed by atoms with Crippen LogP contribution in [0.15, 0.2) is 16.8 Å². The van der Waals surface area contributed by atoms with Gasteiger partial charge < -0.3 is 0 Å². The van der Waals surface area contributed by atoms with Gasteiger partial charge in [-0.1, -0.05) is 0 Å². The minimum atomic E-state index is 0.559. The molecule has 2 bridgehead atoms. The number of nitrogens with one attached hydrogen (secondary N) is 1. The van der Waals surface area contributed by atoms with Crippen LogP contribution in [0.1, 0.15) is 31.2 Å². The Morgan fingerprint density at radius 2 is 2.11 bits per heavy atom. The summed E-state index contributed by atoms with van der Waals surface area (Å²) < 4.78 is 0. The number of nitrogens with two attached hydrogens (primary N) is 1. The maximum Gasteiger partial charge on any atom is 0.0247 e. The molecular formula is C15H22N2S. The lowest BCUT2D eigenvalue weighted by Crippen LogP contribution is -2.38. The van der Waals surface area contributed by atoms with Crippen molar-refractivity contribution in [2.75, 3.05) is 0 Å². The van der Waals surface area contributed by atoms with Crippen LogP contribution < -0.4 is 11.3 Å². The van der Waals surface area contributed by atoms with Crippen molar-refractivity contribution in [3.05, 3.63) is 22.4 Å². The molecule has 98 valence electrons. The van der Waals surface area contributed by atoms with Gasteiger partial charge >= 0.3 is 0 Å². The van der Waals surface area contributed by atoms with E-state index in [4.69, 9.17) is 5.84 Å². The van der Waals surface area contributed by atoms with Crippen LogP contribution in [-0.4, -0.2) is 6.04 Å². The van der Waals surface area contributed by atoms with E-state index < -0.39 is 0 Å². The molecule has 0 radical (unpaired) electrons. The van der Waals surface area contributed by atoms with Crippen molar-refractivity contribution < 1.29 is 0 Å². The lowest BCUT2D eigenvalue weighted by Gasteiger charge is -2.19. The van der Waals surface area contributed by atoms with E-state index in [-0.39, 0.29) is 0 Å². The average Bonchev–Trinajstić information content (AvgIpc) is 2.84. The summed E-state index contributed by atoms with van der Waals surface area (Å²) in [7, 11) is 0. The third kappa shape index (κ3) is 1.68. The van der Waals surface area contributed by atoms with Crippen molar-refractivity contribution in [2.45, 2.75) is 38.1 Å². The summed E-state index contributed by atoms with van der Waals surface area (Å²) >= 11 is 1.80. The molecule has 18 heavy (non-hydrogen) atoms. The topological polar surface area (TPSA) is 38.0 Å². The average molecular weight is 262 g/mol. The number of aryl methyl sites for hydroxylation is 1. The maximum absolute atomic E-state index is 5.82. The predicted molar refractivity (Wildman–Crippen MR) is 75.1 cm³/mol. The Balaban J connectivity index is 1.38. The first kappa shape index (κ1) is 11.4. The Morgan fingerprint density at radius 1 is 1.33 bits per heavy atom. The number of fused-ring (bicyclic) bond motifs is 5.